The lowest BCUT2D eigenvalue weighted by atomic mass is 10.2. The molecule has 16 heavy (non-hydrogen) atoms. The van der Waals surface area contributed by atoms with Crippen LogP contribution in [0.15, 0.2) is 35.3 Å². The summed E-state index contributed by atoms with van der Waals surface area (Å²) in [6.45, 7) is 6.96. The third-order valence-corrected chi connectivity index (χ3v) is 3.10. The maximum atomic E-state index is 3.80. The molecule has 0 bridgehead atoms. The Morgan fingerprint density at radius 1 is 1.25 bits per heavy atom. The highest BCUT2D eigenvalue weighted by molar-refractivity contribution is 9.11. The summed E-state index contributed by atoms with van der Waals surface area (Å²) in [5.41, 5.74) is 2.48. The van der Waals surface area contributed by atoms with Crippen molar-refractivity contribution in [2.24, 2.45) is 0 Å². The van der Waals surface area contributed by atoms with Crippen LogP contribution in [0.4, 0.5) is 11.4 Å². The Morgan fingerprint density at radius 2 is 1.88 bits per heavy atom. The summed E-state index contributed by atoms with van der Waals surface area (Å²) in [6, 6.07) is 8.63. The van der Waals surface area contributed by atoms with E-state index in [0.29, 0.717) is 0 Å². The van der Waals surface area contributed by atoms with Gasteiger partial charge in [-0.15, -0.1) is 0 Å². The second-order valence-electron chi connectivity index (χ2n) is 4.11. The van der Waals surface area contributed by atoms with Crippen molar-refractivity contribution in [2.45, 2.75) is 12.8 Å². The van der Waals surface area contributed by atoms with E-state index in [9.17, 15) is 0 Å². The molecular formula is C13H17BrN2. The van der Waals surface area contributed by atoms with Crippen molar-refractivity contribution in [1.82, 2.24) is 0 Å². The Balaban J connectivity index is 1.95. The summed E-state index contributed by atoms with van der Waals surface area (Å²) >= 11 is 3.34. The van der Waals surface area contributed by atoms with Crippen LogP contribution in [-0.4, -0.2) is 19.6 Å². The van der Waals surface area contributed by atoms with Crippen LogP contribution in [0, 0.1) is 0 Å². The van der Waals surface area contributed by atoms with Crippen LogP contribution in [0.2, 0.25) is 0 Å². The fourth-order valence-corrected chi connectivity index (χ4v) is 2.10. The average Bonchev–Trinajstić information content (AvgIpc) is 2.80. The van der Waals surface area contributed by atoms with Crippen LogP contribution in [0.25, 0.3) is 0 Å². The first kappa shape index (κ1) is 11.5. The highest BCUT2D eigenvalue weighted by atomic mass is 79.9. The standard InChI is InChI=1S/C13H17BrN2/c1-11(14)10-15-12-4-6-13(7-5-12)16-8-2-3-9-16/h4-7,15H,1-3,8-10H2. The van der Waals surface area contributed by atoms with Gasteiger partial charge in [-0.25, -0.2) is 0 Å². The molecule has 0 spiro atoms. The predicted molar refractivity (Wildman–Crippen MR) is 74.4 cm³/mol. The van der Waals surface area contributed by atoms with Gasteiger partial charge in [0, 0.05) is 35.5 Å². The molecule has 1 aromatic rings. The summed E-state index contributed by atoms with van der Waals surface area (Å²) < 4.78 is 0.969. The van der Waals surface area contributed by atoms with Crippen molar-refractivity contribution in [3.8, 4) is 0 Å². The van der Waals surface area contributed by atoms with E-state index in [0.717, 1.165) is 16.7 Å². The Hall–Kier alpha value is -0.960. The molecule has 1 heterocycles. The minimum atomic E-state index is 0.767. The number of hydrogen-bond acceptors (Lipinski definition) is 2. The lowest BCUT2D eigenvalue weighted by molar-refractivity contribution is 0.949. The van der Waals surface area contributed by atoms with Crippen molar-refractivity contribution in [1.29, 1.82) is 0 Å². The predicted octanol–water partition coefficient (Wildman–Crippen LogP) is 3.61. The molecule has 0 unspecified atom stereocenters. The molecule has 2 nitrogen and oxygen atoms in total. The zero-order valence-corrected chi connectivity index (χ0v) is 11.0. The van der Waals surface area contributed by atoms with Gasteiger partial charge in [-0.1, -0.05) is 22.5 Å². The van der Waals surface area contributed by atoms with Crippen molar-refractivity contribution in [3.05, 3.63) is 35.3 Å². The van der Waals surface area contributed by atoms with Crippen LogP contribution in [0.5, 0.6) is 0 Å². The van der Waals surface area contributed by atoms with Crippen LogP contribution in [0.1, 0.15) is 12.8 Å². The van der Waals surface area contributed by atoms with E-state index in [4.69, 9.17) is 0 Å². The van der Waals surface area contributed by atoms with Crippen LogP contribution in [-0.2, 0) is 0 Å². The van der Waals surface area contributed by atoms with Crippen LogP contribution < -0.4 is 10.2 Å². The molecule has 1 saturated heterocycles. The Bertz CT molecular complexity index is 353. The smallest absolute Gasteiger partial charge is 0.0460 e. The summed E-state index contributed by atoms with van der Waals surface area (Å²) in [6.07, 6.45) is 2.65. The first-order valence-corrected chi connectivity index (χ1v) is 6.47. The molecular weight excluding hydrogens is 264 g/mol. The first-order valence-electron chi connectivity index (χ1n) is 5.68. The Morgan fingerprint density at radius 3 is 2.44 bits per heavy atom. The summed E-state index contributed by atoms with van der Waals surface area (Å²) in [5, 5.41) is 3.30. The van der Waals surface area contributed by atoms with Gasteiger partial charge in [0.05, 0.1) is 0 Å². The van der Waals surface area contributed by atoms with E-state index in [-0.39, 0.29) is 0 Å². The van der Waals surface area contributed by atoms with E-state index < -0.39 is 0 Å². The zero-order valence-electron chi connectivity index (χ0n) is 9.38. The van der Waals surface area contributed by atoms with Crippen LogP contribution >= 0.6 is 15.9 Å². The molecule has 0 atom stereocenters. The fourth-order valence-electron chi connectivity index (χ4n) is 1.96. The third-order valence-electron chi connectivity index (χ3n) is 2.82. The number of nitrogens with one attached hydrogen (secondary N) is 1. The van der Waals surface area contributed by atoms with Gasteiger partial charge in [-0.2, -0.15) is 0 Å². The number of benzene rings is 1. The molecule has 1 N–H and O–H groups in total. The fraction of sp³-hybridized carbons (Fsp3) is 0.385. The first-order chi connectivity index (χ1) is 7.75. The molecule has 1 aliphatic heterocycles. The summed E-state index contributed by atoms with van der Waals surface area (Å²) in [5.74, 6) is 0. The van der Waals surface area contributed by atoms with Gasteiger partial charge >= 0.3 is 0 Å². The number of nitrogens with zero attached hydrogens (tertiary/aromatic N) is 1. The number of rotatable bonds is 4. The number of halogens is 1. The molecule has 3 heteroatoms. The molecule has 0 aromatic heterocycles. The molecule has 0 aliphatic carbocycles. The van der Waals surface area contributed by atoms with Gasteiger partial charge in [0.15, 0.2) is 0 Å². The van der Waals surface area contributed by atoms with Gasteiger partial charge in [0.25, 0.3) is 0 Å². The average molecular weight is 281 g/mol. The largest absolute Gasteiger partial charge is 0.380 e. The quantitative estimate of drug-likeness (QED) is 0.907. The summed E-state index contributed by atoms with van der Waals surface area (Å²) in [4.78, 5) is 2.44. The minimum Gasteiger partial charge on any atom is -0.380 e. The second kappa shape index (κ2) is 5.39. The molecule has 86 valence electrons. The lowest BCUT2D eigenvalue weighted by Gasteiger charge is -2.17. The normalized spacial score (nSPS) is 15.2. The molecule has 2 rings (SSSR count). The minimum absolute atomic E-state index is 0.767. The van der Waals surface area contributed by atoms with Crippen molar-refractivity contribution in [2.75, 3.05) is 29.9 Å². The monoisotopic (exact) mass is 280 g/mol. The summed E-state index contributed by atoms with van der Waals surface area (Å²) in [7, 11) is 0. The zero-order chi connectivity index (χ0) is 11.4. The molecule has 0 radical (unpaired) electrons. The highest BCUT2D eigenvalue weighted by Gasteiger charge is 2.11. The topological polar surface area (TPSA) is 15.3 Å². The lowest BCUT2D eigenvalue weighted by Crippen LogP contribution is -2.17. The van der Waals surface area contributed by atoms with Crippen molar-refractivity contribution < 1.29 is 0 Å². The van der Waals surface area contributed by atoms with E-state index in [1.165, 1.54) is 31.6 Å². The third kappa shape index (κ3) is 3.01. The molecule has 0 amide bonds. The van der Waals surface area contributed by atoms with Crippen molar-refractivity contribution >= 4 is 27.3 Å². The Kier molecular flexibility index (Phi) is 3.88. The molecule has 1 aliphatic rings. The molecule has 1 aromatic carbocycles. The number of anilines is 2. The van der Waals surface area contributed by atoms with Gasteiger partial charge < -0.3 is 10.2 Å². The van der Waals surface area contributed by atoms with Gasteiger partial charge in [0.2, 0.25) is 0 Å². The van der Waals surface area contributed by atoms with Gasteiger partial charge in [0.1, 0.15) is 0 Å². The van der Waals surface area contributed by atoms with E-state index >= 15 is 0 Å². The SMILES string of the molecule is C=C(Br)CNc1ccc(N2CCCC2)cc1. The van der Waals surface area contributed by atoms with E-state index in [2.05, 4.69) is 57.0 Å². The Labute approximate surface area is 105 Å². The highest BCUT2D eigenvalue weighted by Crippen LogP contribution is 2.22. The van der Waals surface area contributed by atoms with Gasteiger partial charge in [-0.05, 0) is 37.1 Å². The molecule has 0 saturated carbocycles. The molecule has 1 fully saturated rings. The second-order valence-corrected chi connectivity index (χ2v) is 5.23. The van der Waals surface area contributed by atoms with Crippen LogP contribution in [0.3, 0.4) is 0 Å². The maximum absolute atomic E-state index is 3.80. The number of hydrogen-bond donors (Lipinski definition) is 1. The van der Waals surface area contributed by atoms with Gasteiger partial charge in [-0.3, -0.25) is 0 Å². The maximum Gasteiger partial charge on any atom is 0.0460 e. The van der Waals surface area contributed by atoms with E-state index in [1.807, 2.05) is 0 Å². The van der Waals surface area contributed by atoms with Crippen molar-refractivity contribution in [3.63, 3.8) is 0 Å². The van der Waals surface area contributed by atoms with E-state index in [1.54, 1.807) is 0 Å².